The number of para-hydroxylation sites is 2. The van der Waals surface area contributed by atoms with E-state index in [1.807, 2.05) is 0 Å². The number of aliphatic hydroxyl groups is 3. The first-order chi connectivity index (χ1) is 8.67. The molecular weight excluding hydrogens is 240 g/mol. The molecule has 0 saturated carbocycles. The molecule has 2 rings (SSSR count). The van der Waals surface area contributed by atoms with Crippen LogP contribution in [0.5, 0.6) is 11.5 Å². The molecule has 1 aliphatic rings. The van der Waals surface area contributed by atoms with Crippen molar-refractivity contribution in [1.29, 1.82) is 0 Å². The Labute approximate surface area is 104 Å². The van der Waals surface area contributed by atoms with E-state index in [9.17, 15) is 10.2 Å². The van der Waals surface area contributed by atoms with Crippen molar-refractivity contribution < 1.29 is 29.5 Å². The van der Waals surface area contributed by atoms with Crippen molar-refractivity contribution in [3.63, 3.8) is 0 Å². The van der Waals surface area contributed by atoms with Crippen molar-refractivity contribution in [3.8, 4) is 11.5 Å². The molecule has 18 heavy (non-hydrogen) atoms. The van der Waals surface area contributed by atoms with Gasteiger partial charge >= 0.3 is 0 Å². The van der Waals surface area contributed by atoms with Crippen LogP contribution >= 0.6 is 0 Å². The highest BCUT2D eigenvalue weighted by atomic mass is 16.7. The first-order valence-corrected chi connectivity index (χ1v) is 5.59. The van der Waals surface area contributed by atoms with Gasteiger partial charge in [-0.3, -0.25) is 0 Å². The summed E-state index contributed by atoms with van der Waals surface area (Å²) in [6, 6.07) is 6.90. The third-order valence-electron chi connectivity index (χ3n) is 2.81. The highest BCUT2D eigenvalue weighted by Gasteiger charge is 2.44. The molecule has 4 atom stereocenters. The lowest BCUT2D eigenvalue weighted by atomic mass is 10.1. The molecule has 1 aliphatic heterocycles. The van der Waals surface area contributed by atoms with E-state index in [1.54, 1.807) is 24.3 Å². The Kier molecular flexibility index (Phi) is 4.03. The van der Waals surface area contributed by atoms with Gasteiger partial charge in [-0.1, -0.05) is 12.1 Å². The summed E-state index contributed by atoms with van der Waals surface area (Å²) in [6.45, 7) is -0.385. The van der Waals surface area contributed by atoms with Crippen molar-refractivity contribution in [2.24, 2.45) is 0 Å². The minimum absolute atomic E-state index is 0.385. The van der Waals surface area contributed by atoms with Gasteiger partial charge in [0.05, 0.1) is 13.7 Å². The maximum atomic E-state index is 9.73. The number of hydrogen-bond donors (Lipinski definition) is 3. The van der Waals surface area contributed by atoms with Crippen LogP contribution in [0.3, 0.4) is 0 Å². The van der Waals surface area contributed by atoms with Gasteiger partial charge in [0.15, 0.2) is 11.5 Å². The van der Waals surface area contributed by atoms with E-state index < -0.39 is 24.6 Å². The monoisotopic (exact) mass is 256 g/mol. The van der Waals surface area contributed by atoms with Crippen LogP contribution in [0.25, 0.3) is 0 Å². The first kappa shape index (κ1) is 13.1. The molecule has 0 aliphatic carbocycles. The third kappa shape index (κ3) is 2.41. The minimum atomic E-state index is -1.22. The molecule has 1 aromatic rings. The van der Waals surface area contributed by atoms with Gasteiger partial charge in [-0.15, -0.1) is 0 Å². The lowest BCUT2D eigenvalue weighted by Gasteiger charge is -2.18. The first-order valence-electron chi connectivity index (χ1n) is 5.59. The van der Waals surface area contributed by atoms with Crippen LogP contribution in [0.4, 0.5) is 0 Å². The minimum Gasteiger partial charge on any atom is -0.493 e. The largest absolute Gasteiger partial charge is 0.493 e. The van der Waals surface area contributed by atoms with Crippen molar-refractivity contribution in [2.75, 3.05) is 13.7 Å². The van der Waals surface area contributed by atoms with Gasteiger partial charge in [0.25, 0.3) is 0 Å². The fraction of sp³-hybridized carbons (Fsp3) is 0.500. The summed E-state index contributed by atoms with van der Waals surface area (Å²) in [4.78, 5) is 0. The van der Waals surface area contributed by atoms with Crippen LogP contribution in [-0.2, 0) is 4.74 Å². The zero-order valence-electron chi connectivity index (χ0n) is 9.89. The molecule has 100 valence electrons. The Morgan fingerprint density at radius 2 is 1.83 bits per heavy atom. The van der Waals surface area contributed by atoms with Crippen LogP contribution in [0.2, 0.25) is 0 Å². The second-order valence-corrected chi connectivity index (χ2v) is 3.98. The summed E-state index contributed by atoms with van der Waals surface area (Å²) in [5.74, 6) is 0.894. The number of aliphatic hydroxyl groups excluding tert-OH is 3. The molecule has 1 saturated heterocycles. The fourth-order valence-corrected chi connectivity index (χ4v) is 1.80. The number of ether oxygens (including phenoxy) is 3. The van der Waals surface area contributed by atoms with Crippen LogP contribution in [0, 0.1) is 0 Å². The van der Waals surface area contributed by atoms with Crippen molar-refractivity contribution in [3.05, 3.63) is 24.3 Å². The van der Waals surface area contributed by atoms with Crippen molar-refractivity contribution in [2.45, 2.75) is 24.6 Å². The second-order valence-electron chi connectivity index (χ2n) is 3.98. The van der Waals surface area contributed by atoms with E-state index in [2.05, 4.69) is 0 Å². The number of benzene rings is 1. The standard InChI is InChI=1S/C12H16O6/c1-16-7-4-2-3-5-8(7)17-12-11(15)10(14)9(6-13)18-12/h2-5,9-15H,6H2,1H3/t9-,10+,11-,12-/m1/s1. The van der Waals surface area contributed by atoms with E-state index >= 15 is 0 Å². The average Bonchev–Trinajstić information content (AvgIpc) is 2.67. The molecule has 1 aromatic carbocycles. The second kappa shape index (κ2) is 5.53. The number of methoxy groups -OCH3 is 1. The summed E-state index contributed by atoms with van der Waals surface area (Å²) < 4.78 is 15.8. The smallest absolute Gasteiger partial charge is 0.229 e. The van der Waals surface area contributed by atoms with Gasteiger partial charge < -0.3 is 29.5 Å². The molecular formula is C12H16O6. The quantitative estimate of drug-likeness (QED) is 0.674. The number of hydrogen-bond acceptors (Lipinski definition) is 6. The lowest BCUT2D eigenvalue weighted by Crippen LogP contribution is -2.35. The predicted octanol–water partition coefficient (Wildman–Crippen LogP) is -0.487. The average molecular weight is 256 g/mol. The molecule has 0 bridgehead atoms. The van der Waals surface area contributed by atoms with E-state index in [0.717, 1.165) is 0 Å². The predicted molar refractivity (Wildman–Crippen MR) is 61.4 cm³/mol. The van der Waals surface area contributed by atoms with Crippen molar-refractivity contribution >= 4 is 0 Å². The molecule has 6 heteroatoms. The van der Waals surface area contributed by atoms with Gasteiger partial charge in [0.1, 0.15) is 18.3 Å². The van der Waals surface area contributed by atoms with Gasteiger partial charge in [0, 0.05) is 0 Å². The number of rotatable bonds is 4. The van der Waals surface area contributed by atoms with Crippen molar-refractivity contribution in [1.82, 2.24) is 0 Å². The van der Waals surface area contributed by atoms with Crippen LogP contribution < -0.4 is 9.47 Å². The summed E-state index contributed by atoms with van der Waals surface area (Å²) >= 11 is 0. The zero-order chi connectivity index (χ0) is 13.1. The maximum Gasteiger partial charge on any atom is 0.229 e. The van der Waals surface area contributed by atoms with E-state index in [1.165, 1.54) is 7.11 Å². The van der Waals surface area contributed by atoms with Crippen LogP contribution in [-0.4, -0.2) is 53.6 Å². The normalized spacial score (nSPS) is 31.3. The van der Waals surface area contributed by atoms with Crippen LogP contribution in [0.1, 0.15) is 0 Å². The van der Waals surface area contributed by atoms with E-state index in [0.29, 0.717) is 11.5 Å². The Morgan fingerprint density at radius 3 is 2.39 bits per heavy atom. The summed E-state index contributed by atoms with van der Waals surface area (Å²) in [5.41, 5.74) is 0. The zero-order valence-corrected chi connectivity index (χ0v) is 9.89. The molecule has 1 heterocycles. The molecule has 6 nitrogen and oxygen atoms in total. The Balaban J connectivity index is 2.10. The molecule has 0 amide bonds. The lowest BCUT2D eigenvalue weighted by molar-refractivity contribution is -0.117. The molecule has 1 fully saturated rings. The van der Waals surface area contributed by atoms with Gasteiger partial charge in [-0.25, -0.2) is 0 Å². The molecule has 3 N–H and O–H groups in total. The topological polar surface area (TPSA) is 88.4 Å². The van der Waals surface area contributed by atoms with E-state index in [-0.39, 0.29) is 6.61 Å². The molecule has 0 spiro atoms. The van der Waals surface area contributed by atoms with Gasteiger partial charge in [-0.05, 0) is 12.1 Å². The Morgan fingerprint density at radius 1 is 1.17 bits per heavy atom. The maximum absolute atomic E-state index is 9.73. The summed E-state index contributed by atoms with van der Waals surface area (Å²) in [7, 11) is 1.50. The Hall–Kier alpha value is -1.34. The SMILES string of the molecule is COc1ccccc1O[C@@H]1O[C@H](CO)[C@H](O)[C@H]1O. The molecule has 0 aromatic heterocycles. The Bertz CT molecular complexity index is 396. The highest BCUT2D eigenvalue weighted by Crippen LogP contribution is 2.30. The van der Waals surface area contributed by atoms with Gasteiger partial charge in [0.2, 0.25) is 6.29 Å². The molecule has 0 unspecified atom stereocenters. The highest BCUT2D eigenvalue weighted by molar-refractivity contribution is 5.39. The summed E-state index contributed by atoms with van der Waals surface area (Å²) in [5, 5.41) is 28.3. The summed E-state index contributed by atoms with van der Waals surface area (Å²) in [6.07, 6.45) is -4.27. The third-order valence-corrected chi connectivity index (χ3v) is 2.81. The molecule has 0 radical (unpaired) electrons. The fourth-order valence-electron chi connectivity index (χ4n) is 1.80. The van der Waals surface area contributed by atoms with Crippen LogP contribution in [0.15, 0.2) is 24.3 Å². The van der Waals surface area contributed by atoms with Gasteiger partial charge in [-0.2, -0.15) is 0 Å². The van der Waals surface area contributed by atoms with E-state index in [4.69, 9.17) is 19.3 Å².